The van der Waals surface area contributed by atoms with Gasteiger partial charge in [-0.25, -0.2) is 9.97 Å². The number of halogens is 4. The third-order valence-electron chi connectivity index (χ3n) is 6.58. The average molecular weight is 559 g/mol. The molecule has 0 bridgehead atoms. The molecule has 0 saturated carbocycles. The highest BCUT2D eigenvalue weighted by Crippen LogP contribution is 2.34. The van der Waals surface area contributed by atoms with Crippen molar-refractivity contribution in [3.05, 3.63) is 65.7 Å². The molecule has 9 nitrogen and oxygen atoms in total. The number of carbonyl (C=O) groups excluding carboxylic acids is 1. The minimum Gasteiger partial charge on any atom is -0.378 e. The molecule has 1 aromatic carbocycles. The fraction of sp³-hybridized carbons (Fsp3) is 0.308. The third kappa shape index (κ3) is 5.56. The van der Waals surface area contributed by atoms with E-state index in [9.17, 15) is 18.0 Å². The largest absolute Gasteiger partial charge is 0.417 e. The van der Waals surface area contributed by atoms with Gasteiger partial charge in [0.1, 0.15) is 17.3 Å². The molecule has 0 unspecified atom stereocenters. The van der Waals surface area contributed by atoms with E-state index in [0.29, 0.717) is 43.3 Å². The molecule has 1 N–H and O–H groups in total. The van der Waals surface area contributed by atoms with Crippen LogP contribution in [0.4, 0.5) is 30.5 Å². The number of anilines is 3. The van der Waals surface area contributed by atoms with Crippen LogP contribution in [0.5, 0.6) is 0 Å². The monoisotopic (exact) mass is 558 g/mol. The molecule has 0 aliphatic carbocycles. The van der Waals surface area contributed by atoms with Crippen LogP contribution in [-0.2, 0) is 11.0 Å². The van der Waals surface area contributed by atoms with E-state index in [-0.39, 0.29) is 23.3 Å². The normalized spacial score (nSPS) is 14.1. The number of hydrogen-bond donors (Lipinski definition) is 1. The van der Waals surface area contributed by atoms with E-state index in [2.05, 4.69) is 15.3 Å². The standard InChI is InChI=1S/C26H26ClF3N8O/c1-35(2)19-5-3-17(4-6-19)23-25(38-8-7-31-15-21(38)34-23)33-16-22(39)36-9-11-37(12-10-36)24-20(27)13-18(14-32-24)26(28,29)30/h3-8,13-15,33H,9-12,16H2,1-2H3. The minimum absolute atomic E-state index is 0.0399. The number of aromatic nitrogens is 4. The first kappa shape index (κ1) is 26.5. The maximum Gasteiger partial charge on any atom is 0.417 e. The molecule has 4 aromatic rings. The maximum atomic E-state index is 13.1. The van der Waals surface area contributed by atoms with E-state index in [4.69, 9.17) is 16.6 Å². The predicted octanol–water partition coefficient (Wildman–Crippen LogP) is 4.29. The molecule has 3 aromatic heterocycles. The fourth-order valence-electron chi connectivity index (χ4n) is 4.45. The lowest BCUT2D eigenvalue weighted by atomic mass is 10.1. The van der Waals surface area contributed by atoms with Gasteiger partial charge in [0.15, 0.2) is 5.65 Å². The highest BCUT2D eigenvalue weighted by Gasteiger charge is 2.32. The number of piperazine rings is 1. The average Bonchev–Trinajstić information content (AvgIpc) is 3.30. The minimum atomic E-state index is -4.51. The summed E-state index contributed by atoms with van der Waals surface area (Å²) in [6, 6.07) is 8.85. The van der Waals surface area contributed by atoms with Gasteiger partial charge >= 0.3 is 6.18 Å². The van der Waals surface area contributed by atoms with Gasteiger partial charge in [0.05, 0.1) is 23.3 Å². The first-order valence-corrected chi connectivity index (χ1v) is 12.6. The number of alkyl halides is 3. The summed E-state index contributed by atoms with van der Waals surface area (Å²) in [6.07, 6.45) is 1.36. The third-order valence-corrected chi connectivity index (χ3v) is 6.85. The molecular weight excluding hydrogens is 533 g/mol. The second kappa shape index (κ2) is 10.6. The molecule has 1 aliphatic heterocycles. The van der Waals surface area contributed by atoms with Crippen LogP contribution in [0, 0.1) is 0 Å². The van der Waals surface area contributed by atoms with Crippen LogP contribution in [0.1, 0.15) is 5.56 Å². The lowest BCUT2D eigenvalue weighted by Gasteiger charge is -2.36. The molecule has 39 heavy (non-hydrogen) atoms. The van der Waals surface area contributed by atoms with Crippen molar-refractivity contribution < 1.29 is 18.0 Å². The van der Waals surface area contributed by atoms with Gasteiger partial charge in [-0.1, -0.05) is 23.7 Å². The Morgan fingerprint density at radius 3 is 2.46 bits per heavy atom. The van der Waals surface area contributed by atoms with Gasteiger partial charge in [-0.2, -0.15) is 13.2 Å². The molecule has 5 rings (SSSR count). The van der Waals surface area contributed by atoms with Gasteiger partial charge in [-0.05, 0) is 18.2 Å². The van der Waals surface area contributed by atoms with Gasteiger partial charge in [0.2, 0.25) is 5.91 Å². The second-order valence-electron chi connectivity index (χ2n) is 9.30. The van der Waals surface area contributed by atoms with E-state index >= 15 is 0 Å². The first-order valence-electron chi connectivity index (χ1n) is 12.2. The number of nitrogens with one attached hydrogen (secondary N) is 1. The van der Waals surface area contributed by atoms with Crippen LogP contribution in [0.25, 0.3) is 16.9 Å². The fourth-order valence-corrected chi connectivity index (χ4v) is 4.74. The number of benzene rings is 1. The van der Waals surface area contributed by atoms with Gasteiger partial charge in [-0.15, -0.1) is 0 Å². The topological polar surface area (TPSA) is 81.9 Å². The number of rotatable bonds is 6. The molecule has 13 heteroatoms. The Morgan fingerprint density at radius 2 is 1.82 bits per heavy atom. The summed E-state index contributed by atoms with van der Waals surface area (Å²) in [6.45, 7) is 1.60. The van der Waals surface area contributed by atoms with Crippen LogP contribution in [0.15, 0.2) is 55.1 Å². The summed E-state index contributed by atoms with van der Waals surface area (Å²) in [5, 5.41) is 3.19. The second-order valence-corrected chi connectivity index (χ2v) is 9.71. The van der Waals surface area contributed by atoms with E-state index in [0.717, 1.165) is 23.5 Å². The Kier molecular flexibility index (Phi) is 7.21. The predicted molar refractivity (Wildman–Crippen MR) is 144 cm³/mol. The number of carbonyl (C=O) groups is 1. The first-order chi connectivity index (χ1) is 18.6. The van der Waals surface area contributed by atoms with Crippen molar-refractivity contribution >= 4 is 40.5 Å². The molecule has 1 fully saturated rings. The van der Waals surface area contributed by atoms with Gasteiger partial charge in [0, 0.05) is 70.1 Å². The molecule has 0 radical (unpaired) electrons. The Bertz CT molecular complexity index is 1480. The molecule has 1 aliphatic rings. The molecule has 1 saturated heterocycles. The van der Waals surface area contributed by atoms with Crippen molar-refractivity contribution in [2.75, 3.05) is 61.9 Å². The van der Waals surface area contributed by atoms with Crippen molar-refractivity contribution in [1.82, 2.24) is 24.3 Å². The summed E-state index contributed by atoms with van der Waals surface area (Å²) in [4.78, 5) is 31.4. The Hall–Kier alpha value is -4.06. The summed E-state index contributed by atoms with van der Waals surface area (Å²) >= 11 is 6.10. The summed E-state index contributed by atoms with van der Waals surface area (Å²) in [5.74, 6) is 0.843. The van der Waals surface area contributed by atoms with E-state index in [1.807, 2.05) is 47.7 Å². The Morgan fingerprint density at radius 1 is 1.10 bits per heavy atom. The smallest absolute Gasteiger partial charge is 0.378 e. The number of hydrogen-bond acceptors (Lipinski definition) is 7. The molecule has 0 spiro atoms. The lowest BCUT2D eigenvalue weighted by molar-refractivity contribution is -0.137. The highest BCUT2D eigenvalue weighted by molar-refractivity contribution is 6.33. The Balaban J connectivity index is 1.26. The summed E-state index contributed by atoms with van der Waals surface area (Å²) in [7, 11) is 3.94. The van der Waals surface area contributed by atoms with Crippen molar-refractivity contribution in [2.24, 2.45) is 0 Å². The van der Waals surface area contributed by atoms with Gasteiger partial charge in [0.25, 0.3) is 0 Å². The number of imidazole rings is 1. The zero-order valence-corrected chi connectivity index (χ0v) is 22.0. The maximum absolute atomic E-state index is 13.1. The van der Waals surface area contributed by atoms with Crippen LogP contribution >= 0.6 is 11.6 Å². The number of nitrogens with zero attached hydrogens (tertiary/aromatic N) is 7. The van der Waals surface area contributed by atoms with Crippen molar-refractivity contribution in [3.63, 3.8) is 0 Å². The van der Waals surface area contributed by atoms with E-state index < -0.39 is 11.7 Å². The van der Waals surface area contributed by atoms with Gasteiger partial charge in [-0.3, -0.25) is 14.2 Å². The van der Waals surface area contributed by atoms with Crippen molar-refractivity contribution in [3.8, 4) is 11.3 Å². The number of fused-ring (bicyclic) bond motifs is 1. The van der Waals surface area contributed by atoms with Crippen LogP contribution in [0.2, 0.25) is 5.02 Å². The van der Waals surface area contributed by atoms with Crippen LogP contribution in [0.3, 0.4) is 0 Å². The molecular formula is C26H26ClF3N8O. The summed E-state index contributed by atoms with van der Waals surface area (Å²) in [5.41, 5.74) is 2.41. The van der Waals surface area contributed by atoms with Crippen molar-refractivity contribution in [1.29, 1.82) is 0 Å². The Labute approximate surface area is 227 Å². The number of pyridine rings is 1. The molecule has 0 atom stereocenters. The SMILES string of the molecule is CN(C)c1ccc(-c2nc3cnccn3c2NCC(=O)N2CCN(c3ncc(C(F)(F)F)cc3Cl)CC2)cc1. The molecule has 204 valence electrons. The van der Waals surface area contributed by atoms with Gasteiger partial charge < -0.3 is 20.0 Å². The van der Waals surface area contributed by atoms with E-state index in [1.54, 1.807) is 28.4 Å². The van der Waals surface area contributed by atoms with Crippen LogP contribution < -0.4 is 15.1 Å². The molecule has 4 heterocycles. The lowest BCUT2D eigenvalue weighted by Crippen LogP contribution is -2.50. The van der Waals surface area contributed by atoms with Crippen molar-refractivity contribution in [2.45, 2.75) is 6.18 Å². The number of amides is 1. The zero-order valence-electron chi connectivity index (χ0n) is 21.3. The van der Waals surface area contributed by atoms with Crippen LogP contribution in [-0.4, -0.2) is 77.0 Å². The quantitative estimate of drug-likeness (QED) is 0.378. The highest BCUT2D eigenvalue weighted by atomic mass is 35.5. The summed E-state index contributed by atoms with van der Waals surface area (Å²) < 4.78 is 40.7. The van der Waals surface area contributed by atoms with E-state index in [1.165, 1.54) is 0 Å². The molecule has 1 amide bonds. The zero-order chi connectivity index (χ0) is 27.7.